The van der Waals surface area contributed by atoms with Crippen LogP contribution < -0.4 is 33.3 Å². The second kappa shape index (κ2) is 14.2. The first-order valence-electron chi connectivity index (χ1n) is 13.4. The van der Waals surface area contributed by atoms with Crippen molar-refractivity contribution in [3.63, 3.8) is 0 Å². The topological polar surface area (TPSA) is 78.9 Å². The molecule has 0 aliphatic carbocycles. The zero-order chi connectivity index (χ0) is 29.4. The van der Waals surface area contributed by atoms with Crippen LogP contribution in [0, 0.1) is 0 Å². The molecule has 0 bridgehead atoms. The maximum absolute atomic E-state index is 13.3. The van der Waals surface area contributed by atoms with Gasteiger partial charge in [0.2, 0.25) is 11.7 Å². The van der Waals surface area contributed by atoms with Crippen LogP contribution in [0.3, 0.4) is 0 Å². The SMILES string of the molecule is COc1ccc(OCCCN(C)CCOc2cc(OC)c(OC)c(OC)c2)c(C2Sc3ccccc3N(C)C2=O)c1. The number of benzene rings is 3. The molecule has 3 aromatic carbocycles. The van der Waals surface area contributed by atoms with E-state index in [4.69, 9.17) is 28.4 Å². The van der Waals surface area contributed by atoms with Crippen molar-refractivity contribution in [1.29, 1.82) is 0 Å². The van der Waals surface area contributed by atoms with E-state index >= 15 is 0 Å². The number of anilines is 1. The number of hydrogen-bond acceptors (Lipinski definition) is 9. The molecule has 3 aromatic rings. The molecule has 0 saturated carbocycles. The molecule has 9 nitrogen and oxygen atoms in total. The number of carbonyl (C=O) groups is 1. The van der Waals surface area contributed by atoms with Crippen LogP contribution in [0.4, 0.5) is 5.69 Å². The van der Waals surface area contributed by atoms with E-state index in [2.05, 4.69) is 4.90 Å². The number of amides is 1. The van der Waals surface area contributed by atoms with E-state index in [0.29, 0.717) is 47.7 Å². The third-order valence-electron chi connectivity index (χ3n) is 6.85. The number of ether oxygens (including phenoxy) is 6. The molecular weight excluding hydrogens is 544 g/mol. The van der Waals surface area contributed by atoms with Crippen LogP contribution in [-0.2, 0) is 4.79 Å². The van der Waals surface area contributed by atoms with Crippen LogP contribution in [0.1, 0.15) is 17.2 Å². The van der Waals surface area contributed by atoms with Gasteiger partial charge in [0.15, 0.2) is 11.5 Å². The Kier molecular flexibility index (Phi) is 10.5. The Morgan fingerprint density at radius 2 is 1.54 bits per heavy atom. The molecule has 0 aromatic heterocycles. The monoisotopic (exact) mass is 582 g/mol. The Balaban J connectivity index is 1.31. The van der Waals surface area contributed by atoms with Crippen molar-refractivity contribution in [1.82, 2.24) is 4.90 Å². The Bertz CT molecular complexity index is 1310. The summed E-state index contributed by atoms with van der Waals surface area (Å²) in [6.07, 6.45) is 0.806. The molecule has 0 N–H and O–H groups in total. The Morgan fingerprint density at radius 1 is 0.805 bits per heavy atom. The fourth-order valence-electron chi connectivity index (χ4n) is 4.58. The van der Waals surface area contributed by atoms with Crippen LogP contribution in [0.5, 0.6) is 34.5 Å². The molecule has 0 fully saturated rings. The van der Waals surface area contributed by atoms with E-state index in [1.165, 1.54) is 0 Å². The van der Waals surface area contributed by atoms with Gasteiger partial charge < -0.3 is 38.2 Å². The molecular formula is C31H38N2O7S. The molecule has 1 aliphatic heterocycles. The van der Waals surface area contributed by atoms with Crippen LogP contribution in [0.15, 0.2) is 59.5 Å². The lowest BCUT2D eigenvalue weighted by Crippen LogP contribution is -2.33. The van der Waals surface area contributed by atoms with Gasteiger partial charge in [-0.3, -0.25) is 4.79 Å². The minimum Gasteiger partial charge on any atom is -0.497 e. The smallest absolute Gasteiger partial charge is 0.244 e. The average molecular weight is 583 g/mol. The Morgan fingerprint density at radius 3 is 2.22 bits per heavy atom. The molecule has 41 heavy (non-hydrogen) atoms. The van der Waals surface area contributed by atoms with Crippen LogP contribution in [0.25, 0.3) is 0 Å². The fourth-order valence-corrected chi connectivity index (χ4v) is 5.89. The van der Waals surface area contributed by atoms with E-state index in [-0.39, 0.29) is 5.91 Å². The van der Waals surface area contributed by atoms with E-state index in [1.807, 2.05) is 56.6 Å². The lowest BCUT2D eigenvalue weighted by atomic mass is 10.1. The molecule has 1 aliphatic rings. The lowest BCUT2D eigenvalue weighted by molar-refractivity contribution is -0.118. The van der Waals surface area contributed by atoms with Gasteiger partial charge in [0, 0.05) is 42.7 Å². The lowest BCUT2D eigenvalue weighted by Gasteiger charge is -2.32. The summed E-state index contributed by atoms with van der Waals surface area (Å²) >= 11 is 1.54. The average Bonchev–Trinajstić information content (AvgIpc) is 3.00. The highest BCUT2D eigenvalue weighted by molar-refractivity contribution is 8.00. The number of fused-ring (bicyclic) bond motifs is 1. The van der Waals surface area contributed by atoms with Gasteiger partial charge >= 0.3 is 0 Å². The van der Waals surface area contributed by atoms with Gasteiger partial charge in [0.05, 0.1) is 40.7 Å². The van der Waals surface area contributed by atoms with Gasteiger partial charge in [-0.2, -0.15) is 0 Å². The number of methoxy groups -OCH3 is 4. The number of nitrogens with zero attached hydrogens (tertiary/aromatic N) is 2. The highest BCUT2D eigenvalue weighted by Crippen LogP contribution is 2.48. The van der Waals surface area contributed by atoms with E-state index < -0.39 is 5.25 Å². The minimum absolute atomic E-state index is 0.0126. The molecule has 4 rings (SSSR count). The first-order chi connectivity index (χ1) is 19.9. The second-order valence-corrected chi connectivity index (χ2v) is 10.6. The molecule has 0 spiro atoms. The predicted octanol–water partition coefficient (Wildman–Crippen LogP) is 5.31. The quantitative estimate of drug-likeness (QED) is 0.235. The standard InChI is InChI=1S/C31H38N2O7S/c1-32(15-17-39-22-19-26(36-4)29(38-6)27(20-22)37-5)14-9-16-40-25-13-12-21(35-3)18-23(25)30-31(34)33(2)24-10-7-8-11-28(24)41-30/h7-8,10-13,18-20,30H,9,14-17H2,1-6H3. The number of thioether (sulfide) groups is 1. The normalized spacial score (nSPS) is 14.5. The summed E-state index contributed by atoms with van der Waals surface area (Å²) in [5.74, 6) is 3.67. The van der Waals surface area contributed by atoms with Gasteiger partial charge in [-0.1, -0.05) is 12.1 Å². The summed E-state index contributed by atoms with van der Waals surface area (Å²) in [4.78, 5) is 18.3. The fraction of sp³-hybridized carbons (Fsp3) is 0.387. The Hall–Kier alpha value is -3.76. The van der Waals surface area contributed by atoms with Crippen LogP contribution in [0.2, 0.25) is 0 Å². The van der Waals surface area contributed by atoms with Gasteiger partial charge in [-0.25, -0.2) is 0 Å². The zero-order valence-corrected chi connectivity index (χ0v) is 25.3. The maximum Gasteiger partial charge on any atom is 0.244 e. The molecule has 10 heteroatoms. The molecule has 220 valence electrons. The first-order valence-corrected chi connectivity index (χ1v) is 14.2. The summed E-state index contributed by atoms with van der Waals surface area (Å²) in [5.41, 5.74) is 1.73. The summed E-state index contributed by atoms with van der Waals surface area (Å²) in [7, 11) is 10.2. The summed E-state index contributed by atoms with van der Waals surface area (Å²) in [5, 5.41) is -0.421. The third kappa shape index (κ3) is 7.12. The van der Waals surface area contributed by atoms with Gasteiger partial charge in [0.25, 0.3) is 0 Å². The molecule has 1 heterocycles. The summed E-state index contributed by atoms with van der Waals surface area (Å²) in [6.45, 7) is 2.55. The molecule has 1 atom stereocenters. The highest BCUT2D eigenvalue weighted by Gasteiger charge is 2.34. The molecule has 0 radical (unpaired) electrons. The summed E-state index contributed by atoms with van der Waals surface area (Å²) < 4.78 is 33.8. The maximum atomic E-state index is 13.3. The van der Waals surface area contributed by atoms with E-state index in [1.54, 1.807) is 57.2 Å². The van der Waals surface area contributed by atoms with Crippen molar-refractivity contribution in [2.24, 2.45) is 0 Å². The highest BCUT2D eigenvalue weighted by atomic mass is 32.2. The molecule has 1 amide bonds. The van der Waals surface area contributed by atoms with Crippen LogP contribution in [-0.4, -0.2) is 79.6 Å². The number of likely N-dealkylation sites (N-methyl/N-ethyl adjacent to an activating group) is 2. The number of rotatable bonds is 14. The van der Waals surface area contributed by atoms with Crippen molar-refractivity contribution in [3.05, 3.63) is 60.2 Å². The Labute approximate surface area is 246 Å². The van der Waals surface area contributed by atoms with E-state index in [0.717, 1.165) is 35.7 Å². The van der Waals surface area contributed by atoms with Crippen molar-refractivity contribution >= 4 is 23.4 Å². The predicted molar refractivity (Wildman–Crippen MR) is 161 cm³/mol. The van der Waals surface area contributed by atoms with Crippen molar-refractivity contribution in [2.45, 2.75) is 16.6 Å². The van der Waals surface area contributed by atoms with Crippen LogP contribution >= 0.6 is 11.8 Å². The second-order valence-electron chi connectivity index (χ2n) is 9.48. The van der Waals surface area contributed by atoms with Gasteiger partial charge in [0.1, 0.15) is 29.1 Å². The van der Waals surface area contributed by atoms with E-state index in [9.17, 15) is 4.79 Å². The molecule has 0 saturated heterocycles. The minimum atomic E-state index is -0.421. The first kappa shape index (κ1) is 30.2. The van der Waals surface area contributed by atoms with Gasteiger partial charge in [-0.05, 0) is 43.8 Å². The number of carbonyl (C=O) groups excluding carboxylic acids is 1. The molecule has 1 unspecified atom stereocenters. The van der Waals surface area contributed by atoms with Crippen molar-refractivity contribution in [3.8, 4) is 34.5 Å². The van der Waals surface area contributed by atoms with Crippen molar-refractivity contribution < 1.29 is 33.2 Å². The summed E-state index contributed by atoms with van der Waals surface area (Å²) in [6, 6.07) is 17.2. The zero-order valence-electron chi connectivity index (χ0n) is 24.5. The number of para-hydroxylation sites is 1. The largest absolute Gasteiger partial charge is 0.497 e. The van der Waals surface area contributed by atoms with Crippen molar-refractivity contribution in [2.75, 3.05) is 73.7 Å². The number of hydrogen-bond donors (Lipinski definition) is 0. The third-order valence-corrected chi connectivity index (χ3v) is 8.14. The van der Waals surface area contributed by atoms with Gasteiger partial charge in [-0.15, -0.1) is 11.8 Å².